The molecular formula is C19H22N2O3. The van der Waals surface area contributed by atoms with E-state index in [1.54, 1.807) is 48.5 Å². The first-order valence-corrected chi connectivity index (χ1v) is 7.89. The van der Waals surface area contributed by atoms with Gasteiger partial charge in [0.15, 0.2) is 6.10 Å². The molecule has 1 unspecified atom stereocenters. The van der Waals surface area contributed by atoms with Gasteiger partial charge in [0.1, 0.15) is 0 Å². The van der Waals surface area contributed by atoms with Crippen LogP contribution in [0.2, 0.25) is 0 Å². The van der Waals surface area contributed by atoms with E-state index >= 15 is 0 Å². The van der Waals surface area contributed by atoms with Gasteiger partial charge in [-0.1, -0.05) is 44.2 Å². The Morgan fingerprint density at radius 3 is 2.00 bits per heavy atom. The first-order chi connectivity index (χ1) is 11.5. The zero-order chi connectivity index (χ0) is 17.5. The van der Waals surface area contributed by atoms with Gasteiger partial charge in [0.05, 0.1) is 0 Å². The third-order valence-corrected chi connectivity index (χ3v) is 3.39. The number of hydrogen-bond donors (Lipinski definition) is 3. The van der Waals surface area contributed by atoms with Gasteiger partial charge in [0, 0.05) is 17.8 Å². The molecule has 5 heteroatoms. The van der Waals surface area contributed by atoms with Gasteiger partial charge >= 0.3 is 0 Å². The van der Waals surface area contributed by atoms with Gasteiger partial charge in [-0.15, -0.1) is 0 Å². The lowest BCUT2D eigenvalue weighted by Gasteiger charge is -2.12. The van der Waals surface area contributed by atoms with E-state index in [0.717, 1.165) is 0 Å². The van der Waals surface area contributed by atoms with Crippen LogP contribution in [-0.4, -0.2) is 16.9 Å². The monoisotopic (exact) mass is 326 g/mol. The first kappa shape index (κ1) is 17.7. The van der Waals surface area contributed by atoms with E-state index in [9.17, 15) is 14.7 Å². The Balaban J connectivity index is 1.94. The van der Waals surface area contributed by atoms with Gasteiger partial charge < -0.3 is 15.7 Å². The maximum atomic E-state index is 12.1. The molecule has 3 N–H and O–H groups in total. The van der Waals surface area contributed by atoms with Crippen molar-refractivity contribution in [3.05, 3.63) is 60.2 Å². The van der Waals surface area contributed by atoms with E-state index < -0.39 is 12.0 Å². The molecule has 1 atom stereocenters. The molecule has 0 aromatic heterocycles. The second kappa shape index (κ2) is 8.26. The molecule has 0 aliphatic rings. The van der Waals surface area contributed by atoms with Crippen LogP contribution in [0.4, 0.5) is 11.4 Å². The molecule has 2 rings (SSSR count). The summed E-state index contributed by atoms with van der Waals surface area (Å²) in [6.07, 6.45) is -0.765. The van der Waals surface area contributed by atoms with Gasteiger partial charge in [0.2, 0.25) is 5.91 Å². The molecule has 24 heavy (non-hydrogen) atoms. The second-order valence-corrected chi connectivity index (χ2v) is 6.03. The van der Waals surface area contributed by atoms with Crippen molar-refractivity contribution in [3.63, 3.8) is 0 Å². The van der Waals surface area contributed by atoms with Gasteiger partial charge in [-0.3, -0.25) is 9.59 Å². The Morgan fingerprint density at radius 2 is 1.46 bits per heavy atom. The highest BCUT2D eigenvalue weighted by Crippen LogP contribution is 2.18. The molecule has 0 aliphatic heterocycles. The highest BCUT2D eigenvalue weighted by Gasteiger charge is 2.17. The van der Waals surface area contributed by atoms with Crippen molar-refractivity contribution in [2.45, 2.75) is 26.4 Å². The lowest BCUT2D eigenvalue weighted by Crippen LogP contribution is -2.20. The number of carbonyl (C=O) groups excluding carboxylic acids is 2. The molecule has 0 heterocycles. The summed E-state index contributed by atoms with van der Waals surface area (Å²) >= 11 is 0. The SMILES string of the molecule is CC(C)CC(=O)Nc1ccc(NC(=O)C(O)c2ccccc2)cc1. The molecule has 5 nitrogen and oxygen atoms in total. The average molecular weight is 326 g/mol. The molecule has 0 fully saturated rings. The summed E-state index contributed by atoms with van der Waals surface area (Å²) in [5.74, 6) is -0.248. The summed E-state index contributed by atoms with van der Waals surface area (Å²) in [5, 5.41) is 15.5. The number of hydrogen-bond acceptors (Lipinski definition) is 3. The van der Waals surface area contributed by atoms with Crippen LogP contribution >= 0.6 is 0 Å². The van der Waals surface area contributed by atoms with E-state index in [-0.39, 0.29) is 5.91 Å². The van der Waals surface area contributed by atoms with E-state index in [0.29, 0.717) is 29.3 Å². The minimum atomic E-state index is -1.23. The number of nitrogens with one attached hydrogen (secondary N) is 2. The fraction of sp³-hybridized carbons (Fsp3) is 0.263. The van der Waals surface area contributed by atoms with E-state index in [1.807, 2.05) is 19.9 Å². The van der Waals surface area contributed by atoms with Crippen LogP contribution < -0.4 is 10.6 Å². The Labute approximate surface area is 141 Å². The van der Waals surface area contributed by atoms with Crippen LogP contribution in [0.1, 0.15) is 31.9 Å². The molecule has 0 spiro atoms. The predicted molar refractivity (Wildman–Crippen MR) is 94.6 cm³/mol. The minimum absolute atomic E-state index is 0.0405. The fourth-order valence-electron chi connectivity index (χ4n) is 2.22. The van der Waals surface area contributed by atoms with Crippen molar-refractivity contribution < 1.29 is 14.7 Å². The summed E-state index contributed by atoms with van der Waals surface area (Å²) in [7, 11) is 0. The number of carbonyl (C=O) groups is 2. The molecule has 0 saturated carbocycles. The van der Waals surface area contributed by atoms with Crippen molar-refractivity contribution in [1.82, 2.24) is 0 Å². The lowest BCUT2D eigenvalue weighted by molar-refractivity contribution is -0.124. The van der Waals surface area contributed by atoms with E-state index in [2.05, 4.69) is 10.6 Å². The predicted octanol–water partition coefficient (Wildman–Crippen LogP) is 3.34. The van der Waals surface area contributed by atoms with E-state index in [4.69, 9.17) is 0 Å². The molecule has 2 aromatic carbocycles. The highest BCUT2D eigenvalue weighted by atomic mass is 16.3. The van der Waals surface area contributed by atoms with Crippen molar-refractivity contribution >= 4 is 23.2 Å². The lowest BCUT2D eigenvalue weighted by atomic mass is 10.1. The Bertz CT molecular complexity index is 682. The fourth-order valence-corrected chi connectivity index (χ4v) is 2.22. The Hall–Kier alpha value is -2.66. The average Bonchev–Trinajstić information content (AvgIpc) is 2.56. The number of aliphatic hydroxyl groups is 1. The van der Waals surface area contributed by atoms with Gasteiger partial charge in [0.25, 0.3) is 5.91 Å². The van der Waals surface area contributed by atoms with Crippen LogP contribution in [-0.2, 0) is 9.59 Å². The zero-order valence-electron chi connectivity index (χ0n) is 13.8. The standard InChI is InChI=1S/C19H22N2O3/c1-13(2)12-17(22)20-15-8-10-16(11-9-15)21-19(24)18(23)14-6-4-3-5-7-14/h3-11,13,18,23H,12H2,1-2H3,(H,20,22)(H,21,24). The third kappa shape index (κ3) is 5.21. The number of rotatable bonds is 6. The molecule has 126 valence electrons. The van der Waals surface area contributed by atoms with Crippen molar-refractivity contribution in [3.8, 4) is 0 Å². The van der Waals surface area contributed by atoms with Crippen molar-refractivity contribution in [1.29, 1.82) is 0 Å². The summed E-state index contributed by atoms with van der Waals surface area (Å²) in [5.41, 5.74) is 1.76. The molecule has 0 radical (unpaired) electrons. The van der Waals surface area contributed by atoms with Gasteiger partial charge in [-0.25, -0.2) is 0 Å². The number of anilines is 2. The quantitative estimate of drug-likeness (QED) is 0.762. The molecule has 0 aliphatic carbocycles. The zero-order valence-corrected chi connectivity index (χ0v) is 13.8. The Morgan fingerprint density at radius 1 is 0.917 bits per heavy atom. The maximum absolute atomic E-state index is 12.1. The van der Waals surface area contributed by atoms with Crippen LogP contribution in [0.5, 0.6) is 0 Å². The summed E-state index contributed by atoms with van der Waals surface area (Å²) in [6.45, 7) is 3.96. The topological polar surface area (TPSA) is 78.4 Å². The normalized spacial score (nSPS) is 11.8. The molecule has 0 bridgehead atoms. The summed E-state index contributed by atoms with van der Waals surface area (Å²) < 4.78 is 0. The summed E-state index contributed by atoms with van der Waals surface area (Å²) in [4.78, 5) is 23.8. The van der Waals surface area contributed by atoms with Crippen molar-refractivity contribution in [2.24, 2.45) is 5.92 Å². The van der Waals surface area contributed by atoms with Crippen LogP contribution in [0.15, 0.2) is 54.6 Å². The number of aliphatic hydroxyl groups excluding tert-OH is 1. The molecule has 2 amide bonds. The van der Waals surface area contributed by atoms with Gasteiger partial charge in [-0.2, -0.15) is 0 Å². The summed E-state index contributed by atoms with van der Waals surface area (Å²) in [6, 6.07) is 15.5. The van der Waals surface area contributed by atoms with Crippen LogP contribution in [0.3, 0.4) is 0 Å². The van der Waals surface area contributed by atoms with Gasteiger partial charge in [-0.05, 0) is 35.7 Å². The number of amides is 2. The highest BCUT2D eigenvalue weighted by molar-refractivity contribution is 5.95. The van der Waals surface area contributed by atoms with E-state index in [1.165, 1.54) is 0 Å². The first-order valence-electron chi connectivity index (χ1n) is 7.89. The third-order valence-electron chi connectivity index (χ3n) is 3.39. The molecule has 2 aromatic rings. The molecule has 0 saturated heterocycles. The smallest absolute Gasteiger partial charge is 0.257 e. The minimum Gasteiger partial charge on any atom is -0.378 e. The Kier molecular flexibility index (Phi) is 6.09. The second-order valence-electron chi connectivity index (χ2n) is 6.03. The largest absolute Gasteiger partial charge is 0.378 e. The number of benzene rings is 2. The maximum Gasteiger partial charge on any atom is 0.257 e. The molecular weight excluding hydrogens is 304 g/mol. The van der Waals surface area contributed by atoms with Crippen molar-refractivity contribution in [2.75, 3.05) is 10.6 Å². The van der Waals surface area contributed by atoms with Crippen LogP contribution in [0.25, 0.3) is 0 Å². The van der Waals surface area contributed by atoms with Crippen LogP contribution in [0, 0.1) is 5.92 Å².